The number of hydrogen-bond acceptors (Lipinski definition) is 6. The molecule has 0 N–H and O–H groups in total. The summed E-state index contributed by atoms with van der Waals surface area (Å²) < 4.78 is 5.56. The molecule has 0 aliphatic carbocycles. The summed E-state index contributed by atoms with van der Waals surface area (Å²) in [6.45, 7) is 11.4. The van der Waals surface area contributed by atoms with Gasteiger partial charge in [-0.1, -0.05) is 6.92 Å². The number of rotatable bonds is 2. The number of carbonyl (C=O) groups is 1. The molecule has 27 heavy (non-hydrogen) atoms. The lowest BCUT2D eigenvalue weighted by molar-refractivity contribution is 0.0276. The number of amides is 1. The zero-order valence-electron chi connectivity index (χ0n) is 16.6. The Bertz CT molecular complexity index is 859. The minimum absolute atomic E-state index is 0.151. The van der Waals surface area contributed by atoms with Gasteiger partial charge in [0, 0.05) is 36.5 Å². The number of aryl methyl sites for hydroxylation is 1. The van der Waals surface area contributed by atoms with E-state index in [4.69, 9.17) is 4.74 Å². The van der Waals surface area contributed by atoms with Gasteiger partial charge in [-0.05, 0) is 46.1 Å². The molecule has 2 aromatic rings. The summed E-state index contributed by atoms with van der Waals surface area (Å²) in [5.74, 6) is 1.04. The third-order valence-corrected chi connectivity index (χ3v) is 6.72. The van der Waals surface area contributed by atoms with E-state index in [1.807, 2.05) is 25.7 Å². The van der Waals surface area contributed by atoms with Crippen LogP contribution in [-0.2, 0) is 11.2 Å². The molecular formula is C20H28N4O2S. The SMILES string of the molecule is CCc1cc2c(N3CC[C@]4(CCN(C(=O)OC(C)(C)C)C4)C3)ncnc2s1. The van der Waals surface area contributed by atoms with Gasteiger partial charge in [-0.15, -0.1) is 11.3 Å². The number of anilines is 1. The van der Waals surface area contributed by atoms with Gasteiger partial charge in [0.15, 0.2) is 0 Å². The Labute approximate surface area is 164 Å². The number of nitrogens with zero attached hydrogens (tertiary/aromatic N) is 4. The smallest absolute Gasteiger partial charge is 0.410 e. The molecule has 0 aromatic carbocycles. The van der Waals surface area contributed by atoms with Crippen LogP contribution < -0.4 is 4.90 Å². The molecule has 6 nitrogen and oxygen atoms in total. The van der Waals surface area contributed by atoms with E-state index in [0.29, 0.717) is 0 Å². The fourth-order valence-electron chi connectivity index (χ4n) is 4.19. The van der Waals surface area contributed by atoms with Crippen molar-refractivity contribution in [1.29, 1.82) is 0 Å². The number of ether oxygens (including phenoxy) is 1. The number of aromatic nitrogens is 2. The lowest BCUT2D eigenvalue weighted by atomic mass is 9.86. The Balaban J connectivity index is 1.50. The molecule has 1 spiro atoms. The average molecular weight is 389 g/mol. The topological polar surface area (TPSA) is 58.6 Å². The van der Waals surface area contributed by atoms with E-state index in [-0.39, 0.29) is 11.5 Å². The van der Waals surface area contributed by atoms with E-state index in [9.17, 15) is 4.79 Å². The Morgan fingerprint density at radius 3 is 2.78 bits per heavy atom. The van der Waals surface area contributed by atoms with Gasteiger partial charge in [0.2, 0.25) is 0 Å². The van der Waals surface area contributed by atoms with E-state index in [0.717, 1.165) is 56.1 Å². The predicted octanol–water partition coefficient (Wildman–Crippen LogP) is 4.09. The maximum atomic E-state index is 12.4. The van der Waals surface area contributed by atoms with Crippen LogP contribution in [-0.4, -0.2) is 52.7 Å². The van der Waals surface area contributed by atoms with E-state index >= 15 is 0 Å². The fraction of sp³-hybridized carbons (Fsp3) is 0.650. The Kier molecular flexibility index (Phi) is 4.53. The van der Waals surface area contributed by atoms with E-state index in [1.54, 1.807) is 17.7 Å². The number of carbonyl (C=O) groups excluding carboxylic acids is 1. The minimum Gasteiger partial charge on any atom is -0.444 e. The van der Waals surface area contributed by atoms with Gasteiger partial charge in [-0.3, -0.25) is 0 Å². The van der Waals surface area contributed by atoms with Crippen molar-refractivity contribution in [2.75, 3.05) is 31.1 Å². The zero-order valence-corrected chi connectivity index (χ0v) is 17.4. The largest absolute Gasteiger partial charge is 0.444 e. The van der Waals surface area contributed by atoms with Crippen LogP contribution in [0.2, 0.25) is 0 Å². The second kappa shape index (κ2) is 6.62. The molecule has 1 amide bonds. The molecule has 1 atom stereocenters. The van der Waals surface area contributed by atoms with Crippen molar-refractivity contribution < 1.29 is 9.53 Å². The van der Waals surface area contributed by atoms with Crippen molar-refractivity contribution in [1.82, 2.24) is 14.9 Å². The molecule has 146 valence electrons. The molecule has 0 unspecified atom stereocenters. The summed E-state index contributed by atoms with van der Waals surface area (Å²) in [7, 11) is 0. The second-order valence-electron chi connectivity index (χ2n) is 8.81. The van der Waals surface area contributed by atoms with Crippen LogP contribution in [0, 0.1) is 5.41 Å². The first-order valence-corrected chi connectivity index (χ1v) is 10.6. The van der Waals surface area contributed by atoms with Crippen LogP contribution in [0.3, 0.4) is 0 Å². The molecular weight excluding hydrogens is 360 g/mol. The van der Waals surface area contributed by atoms with Gasteiger partial charge in [-0.2, -0.15) is 0 Å². The third kappa shape index (κ3) is 3.61. The fourth-order valence-corrected chi connectivity index (χ4v) is 5.12. The van der Waals surface area contributed by atoms with Gasteiger partial charge in [-0.25, -0.2) is 14.8 Å². The quantitative estimate of drug-likeness (QED) is 0.775. The maximum Gasteiger partial charge on any atom is 0.410 e. The molecule has 4 heterocycles. The molecule has 2 aliphatic rings. The van der Waals surface area contributed by atoms with Gasteiger partial charge >= 0.3 is 6.09 Å². The van der Waals surface area contributed by atoms with Crippen molar-refractivity contribution >= 4 is 33.5 Å². The highest BCUT2D eigenvalue weighted by atomic mass is 32.1. The number of thiophene rings is 1. The Hall–Kier alpha value is -1.89. The van der Waals surface area contributed by atoms with Crippen molar-refractivity contribution in [2.45, 2.75) is 52.6 Å². The number of fused-ring (bicyclic) bond motifs is 1. The highest BCUT2D eigenvalue weighted by Gasteiger charge is 2.46. The molecule has 2 aliphatic heterocycles. The van der Waals surface area contributed by atoms with Crippen molar-refractivity contribution in [3.63, 3.8) is 0 Å². The monoisotopic (exact) mass is 388 g/mol. The normalized spacial score (nSPS) is 23.0. The summed E-state index contributed by atoms with van der Waals surface area (Å²) in [4.78, 5) is 28.2. The first-order chi connectivity index (χ1) is 12.8. The highest BCUT2D eigenvalue weighted by Crippen LogP contribution is 2.42. The zero-order chi connectivity index (χ0) is 19.2. The molecule has 2 aromatic heterocycles. The number of hydrogen-bond donors (Lipinski definition) is 0. The molecule has 0 radical (unpaired) electrons. The summed E-state index contributed by atoms with van der Waals surface area (Å²) >= 11 is 1.76. The van der Waals surface area contributed by atoms with Crippen molar-refractivity contribution in [3.05, 3.63) is 17.3 Å². The van der Waals surface area contributed by atoms with E-state index in [1.165, 1.54) is 10.3 Å². The third-order valence-electron chi connectivity index (χ3n) is 5.54. The second-order valence-corrected chi connectivity index (χ2v) is 9.92. The summed E-state index contributed by atoms with van der Waals surface area (Å²) in [5, 5.41) is 1.17. The highest BCUT2D eigenvalue weighted by molar-refractivity contribution is 7.18. The Morgan fingerprint density at radius 1 is 1.26 bits per heavy atom. The first kappa shape index (κ1) is 18.5. The van der Waals surface area contributed by atoms with Crippen molar-refractivity contribution in [2.24, 2.45) is 5.41 Å². The number of likely N-dealkylation sites (tertiary alicyclic amines) is 1. The molecule has 2 saturated heterocycles. The molecule has 0 bridgehead atoms. The maximum absolute atomic E-state index is 12.4. The van der Waals surface area contributed by atoms with Crippen LogP contribution in [0.5, 0.6) is 0 Å². The minimum atomic E-state index is -0.447. The van der Waals surface area contributed by atoms with Crippen molar-refractivity contribution in [3.8, 4) is 0 Å². The van der Waals surface area contributed by atoms with Gasteiger partial charge < -0.3 is 14.5 Å². The van der Waals surface area contributed by atoms with Crippen LogP contribution in [0.15, 0.2) is 12.4 Å². The lowest BCUT2D eigenvalue weighted by Crippen LogP contribution is -2.37. The van der Waals surface area contributed by atoms with Crippen LogP contribution >= 0.6 is 11.3 Å². The van der Waals surface area contributed by atoms with Crippen LogP contribution in [0.1, 0.15) is 45.4 Å². The van der Waals surface area contributed by atoms with Gasteiger partial charge in [0.1, 0.15) is 22.6 Å². The van der Waals surface area contributed by atoms with Crippen LogP contribution in [0.25, 0.3) is 10.2 Å². The average Bonchev–Trinajstić information content (AvgIpc) is 3.31. The van der Waals surface area contributed by atoms with E-state index < -0.39 is 5.60 Å². The predicted molar refractivity (Wildman–Crippen MR) is 108 cm³/mol. The Morgan fingerprint density at radius 2 is 2.04 bits per heavy atom. The summed E-state index contributed by atoms with van der Waals surface area (Å²) in [5.41, 5.74) is -0.297. The summed E-state index contributed by atoms with van der Waals surface area (Å²) in [6.07, 6.45) is 4.63. The molecule has 2 fully saturated rings. The standard InChI is InChI=1S/C20H28N4O2S/c1-5-14-10-15-16(21-13-22-17(15)27-14)23-8-6-20(11-23)7-9-24(12-20)18(25)26-19(2,3)4/h10,13H,5-9,11-12H2,1-4H3/t20-/m0/s1. The first-order valence-electron chi connectivity index (χ1n) is 9.75. The lowest BCUT2D eigenvalue weighted by Gasteiger charge is -2.27. The van der Waals surface area contributed by atoms with E-state index in [2.05, 4.69) is 27.9 Å². The van der Waals surface area contributed by atoms with Gasteiger partial charge in [0.25, 0.3) is 0 Å². The molecule has 0 saturated carbocycles. The molecule has 4 rings (SSSR count). The molecule has 7 heteroatoms. The summed E-state index contributed by atoms with van der Waals surface area (Å²) in [6, 6.07) is 2.24. The van der Waals surface area contributed by atoms with Gasteiger partial charge in [0.05, 0.1) is 5.39 Å². The van der Waals surface area contributed by atoms with Crippen LogP contribution in [0.4, 0.5) is 10.6 Å².